The molecule has 0 spiro atoms. The largest absolute Gasteiger partial charge is 0.354 e. The second-order valence-electron chi connectivity index (χ2n) is 5.43. The van der Waals surface area contributed by atoms with Gasteiger partial charge in [-0.1, -0.05) is 20.3 Å². The van der Waals surface area contributed by atoms with Crippen molar-refractivity contribution in [2.45, 2.75) is 52.0 Å². The van der Waals surface area contributed by atoms with E-state index in [-0.39, 0.29) is 11.9 Å². The molecule has 106 valence electrons. The fraction of sp³-hybridized carbons (Fsp3) is 0.929. The summed E-state index contributed by atoms with van der Waals surface area (Å²) in [6.45, 7) is 8.64. The van der Waals surface area contributed by atoms with Gasteiger partial charge in [-0.2, -0.15) is 0 Å². The Labute approximate surface area is 111 Å². The average molecular weight is 255 g/mol. The highest BCUT2D eigenvalue weighted by Crippen LogP contribution is 2.16. The van der Waals surface area contributed by atoms with Gasteiger partial charge in [0.25, 0.3) is 0 Å². The highest BCUT2D eigenvalue weighted by Gasteiger charge is 2.20. The number of hydrogen-bond acceptors (Lipinski definition) is 3. The smallest absolute Gasteiger partial charge is 0.236 e. The van der Waals surface area contributed by atoms with E-state index in [1.165, 1.54) is 38.9 Å². The quantitative estimate of drug-likeness (QED) is 0.722. The van der Waals surface area contributed by atoms with Crippen molar-refractivity contribution in [1.29, 1.82) is 0 Å². The molecule has 3 N–H and O–H groups in total. The lowest BCUT2D eigenvalue weighted by atomic mass is 9.96. The number of nitrogens with two attached hydrogens (primary N) is 1. The molecule has 1 rings (SSSR count). The van der Waals surface area contributed by atoms with Gasteiger partial charge >= 0.3 is 0 Å². The molecule has 1 atom stereocenters. The zero-order valence-electron chi connectivity index (χ0n) is 12.0. The summed E-state index contributed by atoms with van der Waals surface area (Å²) in [7, 11) is 0. The second-order valence-corrected chi connectivity index (χ2v) is 5.43. The van der Waals surface area contributed by atoms with Gasteiger partial charge in [0, 0.05) is 6.54 Å². The summed E-state index contributed by atoms with van der Waals surface area (Å²) in [5.74, 6) is 0.656. The van der Waals surface area contributed by atoms with Crippen LogP contribution in [0.2, 0.25) is 0 Å². The molecule has 0 radical (unpaired) electrons. The molecule has 1 heterocycles. The summed E-state index contributed by atoms with van der Waals surface area (Å²) in [5.41, 5.74) is 5.78. The fourth-order valence-electron chi connectivity index (χ4n) is 2.55. The van der Waals surface area contributed by atoms with Gasteiger partial charge < -0.3 is 16.0 Å². The van der Waals surface area contributed by atoms with E-state index in [0.717, 1.165) is 19.4 Å². The van der Waals surface area contributed by atoms with Gasteiger partial charge in [-0.25, -0.2) is 0 Å². The first-order valence-corrected chi connectivity index (χ1v) is 7.43. The Bertz CT molecular complexity index is 237. The van der Waals surface area contributed by atoms with E-state index < -0.39 is 0 Å². The maximum absolute atomic E-state index is 11.7. The molecule has 4 nitrogen and oxygen atoms in total. The van der Waals surface area contributed by atoms with Gasteiger partial charge in [0.1, 0.15) is 0 Å². The van der Waals surface area contributed by atoms with Crippen molar-refractivity contribution >= 4 is 5.91 Å². The van der Waals surface area contributed by atoms with E-state index in [0.29, 0.717) is 5.92 Å². The topological polar surface area (TPSA) is 58.4 Å². The van der Waals surface area contributed by atoms with Crippen molar-refractivity contribution in [2.24, 2.45) is 11.7 Å². The minimum Gasteiger partial charge on any atom is -0.354 e. The maximum atomic E-state index is 11.7. The normalized spacial score (nSPS) is 19.7. The Morgan fingerprint density at radius 2 is 2.00 bits per heavy atom. The van der Waals surface area contributed by atoms with Crippen LogP contribution in [0.1, 0.15) is 46.0 Å². The van der Waals surface area contributed by atoms with Crippen LogP contribution >= 0.6 is 0 Å². The molecule has 0 aromatic heterocycles. The summed E-state index contributed by atoms with van der Waals surface area (Å²) in [6, 6.07) is -0.324. The van der Waals surface area contributed by atoms with E-state index in [1.54, 1.807) is 0 Å². The van der Waals surface area contributed by atoms with E-state index in [1.807, 2.05) is 0 Å². The van der Waals surface area contributed by atoms with Gasteiger partial charge in [-0.15, -0.1) is 0 Å². The molecule has 0 aromatic carbocycles. The van der Waals surface area contributed by atoms with Crippen LogP contribution in [-0.2, 0) is 4.79 Å². The predicted octanol–water partition coefficient (Wildman–Crippen LogP) is 1.35. The monoisotopic (exact) mass is 255 g/mol. The number of amides is 1. The number of piperidine rings is 1. The number of likely N-dealkylation sites (tertiary alicyclic amines) is 1. The van der Waals surface area contributed by atoms with E-state index in [9.17, 15) is 4.79 Å². The SMILES string of the molecule is CCCC(N)C(=O)NCC1CCN(CCC)CC1. The van der Waals surface area contributed by atoms with Crippen molar-refractivity contribution in [3.63, 3.8) is 0 Å². The van der Waals surface area contributed by atoms with E-state index >= 15 is 0 Å². The molecule has 1 unspecified atom stereocenters. The Balaban J connectivity index is 2.15. The summed E-state index contributed by atoms with van der Waals surface area (Å²) in [4.78, 5) is 14.2. The van der Waals surface area contributed by atoms with Crippen LogP contribution in [0, 0.1) is 5.92 Å². The summed E-state index contributed by atoms with van der Waals surface area (Å²) in [5, 5.41) is 3.00. The van der Waals surface area contributed by atoms with Crippen LogP contribution in [0.3, 0.4) is 0 Å². The Kier molecular flexibility index (Phi) is 7.28. The lowest BCUT2D eigenvalue weighted by Crippen LogP contribution is -2.44. The van der Waals surface area contributed by atoms with Crippen LogP contribution < -0.4 is 11.1 Å². The minimum atomic E-state index is -0.324. The average Bonchev–Trinajstić information content (AvgIpc) is 2.38. The lowest BCUT2D eigenvalue weighted by molar-refractivity contribution is -0.122. The number of rotatable bonds is 7. The third-order valence-corrected chi connectivity index (χ3v) is 3.75. The zero-order valence-corrected chi connectivity index (χ0v) is 12.0. The maximum Gasteiger partial charge on any atom is 0.236 e. The van der Waals surface area contributed by atoms with Crippen LogP contribution in [0.4, 0.5) is 0 Å². The molecule has 18 heavy (non-hydrogen) atoms. The number of carbonyl (C=O) groups excluding carboxylic acids is 1. The van der Waals surface area contributed by atoms with Crippen LogP contribution in [0.15, 0.2) is 0 Å². The molecule has 0 saturated carbocycles. The third-order valence-electron chi connectivity index (χ3n) is 3.75. The molecule has 1 fully saturated rings. The predicted molar refractivity (Wildman–Crippen MR) is 75.3 cm³/mol. The van der Waals surface area contributed by atoms with E-state index in [2.05, 4.69) is 24.1 Å². The van der Waals surface area contributed by atoms with Crippen LogP contribution in [0.25, 0.3) is 0 Å². The van der Waals surface area contributed by atoms with Crippen molar-refractivity contribution in [3.8, 4) is 0 Å². The van der Waals surface area contributed by atoms with Crippen LogP contribution in [0.5, 0.6) is 0 Å². The third kappa shape index (κ3) is 5.36. The molecule has 0 aromatic rings. The first kappa shape index (κ1) is 15.4. The van der Waals surface area contributed by atoms with Gasteiger partial charge in [0.15, 0.2) is 0 Å². The molecular formula is C14H29N3O. The highest BCUT2D eigenvalue weighted by molar-refractivity contribution is 5.81. The zero-order chi connectivity index (χ0) is 13.4. The van der Waals surface area contributed by atoms with Gasteiger partial charge in [-0.3, -0.25) is 4.79 Å². The summed E-state index contributed by atoms with van der Waals surface area (Å²) < 4.78 is 0. The summed E-state index contributed by atoms with van der Waals surface area (Å²) >= 11 is 0. The molecule has 1 aliphatic rings. The fourth-order valence-corrected chi connectivity index (χ4v) is 2.55. The van der Waals surface area contributed by atoms with Crippen molar-refractivity contribution in [2.75, 3.05) is 26.2 Å². The van der Waals surface area contributed by atoms with Gasteiger partial charge in [-0.05, 0) is 51.2 Å². The minimum absolute atomic E-state index is 0.0211. The molecule has 1 aliphatic heterocycles. The lowest BCUT2D eigenvalue weighted by Gasteiger charge is -2.31. The van der Waals surface area contributed by atoms with Gasteiger partial charge in [0.05, 0.1) is 6.04 Å². The Morgan fingerprint density at radius 3 is 2.56 bits per heavy atom. The standard InChI is InChI=1S/C14H29N3O/c1-3-5-13(15)14(18)16-11-12-6-9-17(8-4-2)10-7-12/h12-13H,3-11,15H2,1-2H3,(H,16,18). The Morgan fingerprint density at radius 1 is 1.33 bits per heavy atom. The number of carbonyl (C=O) groups is 1. The van der Waals surface area contributed by atoms with Crippen molar-refractivity contribution in [3.05, 3.63) is 0 Å². The molecule has 0 bridgehead atoms. The van der Waals surface area contributed by atoms with E-state index in [4.69, 9.17) is 5.73 Å². The Hall–Kier alpha value is -0.610. The molecule has 1 amide bonds. The van der Waals surface area contributed by atoms with Crippen molar-refractivity contribution < 1.29 is 4.79 Å². The molecular weight excluding hydrogens is 226 g/mol. The first-order valence-electron chi connectivity index (χ1n) is 7.43. The summed E-state index contributed by atoms with van der Waals surface area (Å²) in [6.07, 6.45) is 5.37. The number of hydrogen-bond donors (Lipinski definition) is 2. The highest BCUT2D eigenvalue weighted by atomic mass is 16.2. The number of nitrogens with one attached hydrogen (secondary N) is 1. The van der Waals surface area contributed by atoms with Gasteiger partial charge in [0.2, 0.25) is 5.91 Å². The molecule has 4 heteroatoms. The molecule has 1 saturated heterocycles. The first-order chi connectivity index (χ1) is 8.67. The van der Waals surface area contributed by atoms with Crippen molar-refractivity contribution in [1.82, 2.24) is 10.2 Å². The number of nitrogens with zero attached hydrogens (tertiary/aromatic N) is 1. The van der Waals surface area contributed by atoms with Crippen LogP contribution in [-0.4, -0.2) is 43.0 Å². The second kappa shape index (κ2) is 8.48. The molecule has 0 aliphatic carbocycles.